The van der Waals surface area contributed by atoms with E-state index in [0.717, 1.165) is 19.3 Å². The second kappa shape index (κ2) is 7.05. The van der Waals surface area contributed by atoms with Crippen LogP contribution in [0.5, 0.6) is 0 Å². The van der Waals surface area contributed by atoms with Crippen molar-refractivity contribution in [3.05, 3.63) is 0 Å². The van der Waals surface area contributed by atoms with Gasteiger partial charge in [-0.15, -0.1) is 11.5 Å². The van der Waals surface area contributed by atoms with Gasteiger partial charge < -0.3 is 10.2 Å². The van der Waals surface area contributed by atoms with Gasteiger partial charge in [0, 0.05) is 13.0 Å². The predicted molar refractivity (Wildman–Crippen MR) is 62.7 cm³/mol. The van der Waals surface area contributed by atoms with Crippen LogP contribution in [0.1, 0.15) is 25.7 Å². The average molecular weight is 214 g/mol. The monoisotopic (exact) mass is 214 g/mol. The summed E-state index contributed by atoms with van der Waals surface area (Å²) >= 11 is 0. The first-order valence-corrected chi connectivity index (χ1v) is 8.74. The van der Waals surface area contributed by atoms with E-state index in [9.17, 15) is 5.11 Å². The van der Waals surface area contributed by atoms with Gasteiger partial charge in [-0.2, -0.15) is 0 Å². The van der Waals surface area contributed by atoms with Crippen molar-refractivity contribution in [3.63, 3.8) is 0 Å². The Morgan fingerprint density at radius 2 is 1.86 bits per heavy atom. The summed E-state index contributed by atoms with van der Waals surface area (Å²) in [5.74, 6) is 3.05. The van der Waals surface area contributed by atoms with E-state index in [1.807, 2.05) is 0 Å². The SMILES string of the molecule is C[Si](C)(C)C#CCC(O)CCCCO. The molecule has 0 aliphatic carbocycles. The molecule has 0 saturated carbocycles. The molecule has 2 nitrogen and oxygen atoms in total. The highest BCUT2D eigenvalue weighted by Gasteiger charge is 2.07. The molecule has 0 bridgehead atoms. The summed E-state index contributed by atoms with van der Waals surface area (Å²) in [6, 6.07) is 0. The number of aliphatic hydroxyl groups is 2. The Morgan fingerprint density at radius 3 is 2.36 bits per heavy atom. The van der Waals surface area contributed by atoms with Crippen LogP contribution < -0.4 is 0 Å². The minimum Gasteiger partial charge on any atom is -0.396 e. The Labute approximate surface area is 88.4 Å². The van der Waals surface area contributed by atoms with Crippen molar-refractivity contribution in [3.8, 4) is 11.5 Å². The van der Waals surface area contributed by atoms with E-state index in [-0.39, 0.29) is 12.7 Å². The lowest BCUT2D eigenvalue weighted by atomic mass is 10.1. The second-order valence-corrected chi connectivity index (χ2v) is 9.38. The second-order valence-electron chi connectivity index (χ2n) is 4.63. The van der Waals surface area contributed by atoms with Gasteiger partial charge in [-0.1, -0.05) is 19.6 Å². The third-order valence-corrected chi connectivity index (χ3v) is 2.67. The zero-order valence-electron chi connectivity index (χ0n) is 9.51. The molecule has 0 aliphatic rings. The molecule has 14 heavy (non-hydrogen) atoms. The standard InChI is InChI=1S/C11H22O2Si/c1-14(2,3)10-6-8-11(13)7-4-5-9-12/h11-13H,4-5,7-9H2,1-3H3. The van der Waals surface area contributed by atoms with Gasteiger partial charge in [0.2, 0.25) is 0 Å². The first kappa shape index (κ1) is 13.7. The topological polar surface area (TPSA) is 40.5 Å². The van der Waals surface area contributed by atoms with Crippen molar-refractivity contribution < 1.29 is 10.2 Å². The molecule has 0 aromatic carbocycles. The summed E-state index contributed by atoms with van der Waals surface area (Å²) in [7, 11) is -1.27. The van der Waals surface area contributed by atoms with Crippen molar-refractivity contribution >= 4 is 8.07 Å². The van der Waals surface area contributed by atoms with Crippen LogP contribution >= 0.6 is 0 Å². The predicted octanol–water partition coefficient (Wildman–Crippen LogP) is 1.78. The maximum atomic E-state index is 9.50. The van der Waals surface area contributed by atoms with Crippen molar-refractivity contribution in [2.24, 2.45) is 0 Å². The van der Waals surface area contributed by atoms with Crippen molar-refractivity contribution in [1.29, 1.82) is 0 Å². The van der Waals surface area contributed by atoms with E-state index in [2.05, 4.69) is 31.1 Å². The molecule has 3 heteroatoms. The molecule has 0 rings (SSSR count). The van der Waals surface area contributed by atoms with Gasteiger partial charge in [-0.3, -0.25) is 0 Å². The lowest BCUT2D eigenvalue weighted by Gasteiger charge is -2.07. The fourth-order valence-electron chi connectivity index (χ4n) is 1.03. The fourth-order valence-corrected chi connectivity index (χ4v) is 1.66. The summed E-state index contributed by atoms with van der Waals surface area (Å²) in [5.41, 5.74) is 3.22. The molecule has 0 spiro atoms. The average Bonchev–Trinajstić information content (AvgIpc) is 2.02. The molecule has 82 valence electrons. The van der Waals surface area contributed by atoms with Crippen molar-refractivity contribution in [1.82, 2.24) is 0 Å². The van der Waals surface area contributed by atoms with Crippen LogP contribution in [0.4, 0.5) is 0 Å². The van der Waals surface area contributed by atoms with E-state index >= 15 is 0 Å². The Balaban J connectivity index is 3.61. The molecule has 0 aromatic rings. The number of hydrogen-bond acceptors (Lipinski definition) is 2. The Kier molecular flexibility index (Phi) is 6.90. The molecule has 0 heterocycles. The number of aliphatic hydroxyl groups excluding tert-OH is 2. The van der Waals surface area contributed by atoms with Gasteiger partial charge in [-0.05, 0) is 19.3 Å². The molecule has 1 unspecified atom stereocenters. The quantitative estimate of drug-likeness (QED) is 0.416. The molecular weight excluding hydrogens is 192 g/mol. The summed E-state index contributed by atoms with van der Waals surface area (Å²) in [4.78, 5) is 0. The Hall–Kier alpha value is -0.303. The van der Waals surface area contributed by atoms with E-state index in [1.54, 1.807) is 0 Å². The van der Waals surface area contributed by atoms with Crippen LogP contribution in [0.3, 0.4) is 0 Å². The van der Waals surface area contributed by atoms with E-state index in [4.69, 9.17) is 5.11 Å². The molecule has 0 radical (unpaired) electrons. The minimum absolute atomic E-state index is 0.216. The number of hydrogen-bond donors (Lipinski definition) is 2. The molecule has 0 amide bonds. The fraction of sp³-hybridized carbons (Fsp3) is 0.818. The third-order valence-electron chi connectivity index (χ3n) is 1.75. The highest BCUT2D eigenvalue weighted by Crippen LogP contribution is 2.04. The van der Waals surface area contributed by atoms with Gasteiger partial charge >= 0.3 is 0 Å². The largest absolute Gasteiger partial charge is 0.396 e. The molecule has 1 atom stereocenters. The maximum Gasteiger partial charge on any atom is 0.129 e. The van der Waals surface area contributed by atoms with Crippen LogP contribution in [0.2, 0.25) is 19.6 Å². The molecule has 0 aliphatic heterocycles. The Morgan fingerprint density at radius 1 is 1.21 bits per heavy atom. The zero-order chi connectivity index (χ0) is 11.0. The normalized spacial score (nSPS) is 13.2. The van der Waals surface area contributed by atoms with E-state index < -0.39 is 8.07 Å². The Bertz CT molecular complexity index is 198. The van der Waals surface area contributed by atoms with Gasteiger partial charge in [0.15, 0.2) is 0 Å². The lowest BCUT2D eigenvalue weighted by Crippen LogP contribution is -2.16. The van der Waals surface area contributed by atoms with Crippen LogP contribution in [0.15, 0.2) is 0 Å². The highest BCUT2D eigenvalue weighted by atomic mass is 28.3. The number of unbranched alkanes of at least 4 members (excludes halogenated alkanes) is 1. The van der Waals surface area contributed by atoms with E-state index in [1.165, 1.54) is 0 Å². The number of rotatable bonds is 5. The molecular formula is C11H22O2Si. The van der Waals surface area contributed by atoms with Crippen LogP contribution in [-0.4, -0.2) is 31.0 Å². The van der Waals surface area contributed by atoms with Gasteiger partial charge in [0.05, 0.1) is 6.10 Å². The minimum atomic E-state index is -1.27. The molecule has 2 N–H and O–H groups in total. The summed E-state index contributed by atoms with van der Waals surface area (Å²) in [6.45, 7) is 6.79. The summed E-state index contributed by atoms with van der Waals surface area (Å²) < 4.78 is 0. The first-order valence-electron chi connectivity index (χ1n) is 5.24. The van der Waals surface area contributed by atoms with Crippen molar-refractivity contribution in [2.75, 3.05) is 6.61 Å². The molecule has 0 fully saturated rings. The van der Waals surface area contributed by atoms with Crippen LogP contribution in [-0.2, 0) is 0 Å². The molecule has 0 aromatic heterocycles. The molecule has 0 saturated heterocycles. The third kappa shape index (κ3) is 9.78. The van der Waals surface area contributed by atoms with E-state index in [0.29, 0.717) is 6.42 Å². The first-order chi connectivity index (χ1) is 6.45. The lowest BCUT2D eigenvalue weighted by molar-refractivity contribution is 0.162. The smallest absolute Gasteiger partial charge is 0.129 e. The van der Waals surface area contributed by atoms with Crippen LogP contribution in [0.25, 0.3) is 0 Å². The van der Waals surface area contributed by atoms with Gasteiger partial charge in [0.25, 0.3) is 0 Å². The summed E-state index contributed by atoms with van der Waals surface area (Å²) in [6.07, 6.45) is 2.67. The zero-order valence-corrected chi connectivity index (χ0v) is 10.5. The summed E-state index contributed by atoms with van der Waals surface area (Å²) in [5, 5.41) is 18.1. The van der Waals surface area contributed by atoms with Crippen LogP contribution in [0, 0.1) is 11.5 Å². The highest BCUT2D eigenvalue weighted by molar-refractivity contribution is 6.83. The van der Waals surface area contributed by atoms with Gasteiger partial charge in [-0.25, -0.2) is 0 Å². The maximum absolute atomic E-state index is 9.50. The van der Waals surface area contributed by atoms with Gasteiger partial charge in [0.1, 0.15) is 8.07 Å². The van der Waals surface area contributed by atoms with Crippen molar-refractivity contribution in [2.45, 2.75) is 51.4 Å².